The maximum atomic E-state index is 5.74. The van der Waals surface area contributed by atoms with E-state index in [1.54, 1.807) is 0 Å². The Labute approximate surface area is 173 Å². The molecule has 4 N–H and O–H groups in total. The Morgan fingerprint density at radius 3 is 2.93 bits per heavy atom. The number of nitrogens with zero attached hydrogens (tertiary/aromatic N) is 5. The highest BCUT2D eigenvalue weighted by atomic mass is 32.1. The van der Waals surface area contributed by atoms with E-state index in [1.165, 1.54) is 11.3 Å². The number of hydrogen-bond donors (Lipinski definition) is 2. The van der Waals surface area contributed by atoms with E-state index in [2.05, 4.69) is 15.2 Å². The Morgan fingerprint density at radius 1 is 1.34 bits per heavy atom. The molecule has 0 unspecified atom stereocenters. The lowest BCUT2D eigenvalue weighted by Crippen LogP contribution is -2.30. The summed E-state index contributed by atoms with van der Waals surface area (Å²) in [5.41, 5.74) is 14.7. The molecule has 0 aromatic carbocycles. The van der Waals surface area contributed by atoms with Crippen molar-refractivity contribution in [3.05, 3.63) is 41.8 Å². The monoisotopic (exact) mass is 416 g/mol. The standard InChI is InChI=1S/C19H26N7O2S/c1-14(17-13-29-19(21)23-17)24-28-9-8-27-16-4-5-18(25(2)12-16)15-10-22-26(11-15)7-3-6-20/h4-5,10-13H,3,6-9,20H2,1-2H3,(H2,21,23)/q+1/b24-14+. The van der Waals surface area contributed by atoms with Crippen molar-refractivity contribution < 1.29 is 14.1 Å². The molecular weight excluding hydrogens is 390 g/mol. The van der Waals surface area contributed by atoms with Gasteiger partial charge in [0.2, 0.25) is 11.9 Å². The molecule has 29 heavy (non-hydrogen) atoms. The van der Waals surface area contributed by atoms with E-state index in [1.807, 2.05) is 59.3 Å². The average Bonchev–Trinajstić information content (AvgIpc) is 3.35. The third kappa shape index (κ3) is 5.75. The third-order valence-corrected chi connectivity index (χ3v) is 4.84. The average molecular weight is 417 g/mol. The molecule has 3 rings (SSSR count). The van der Waals surface area contributed by atoms with Gasteiger partial charge in [-0.2, -0.15) is 9.67 Å². The van der Waals surface area contributed by atoms with Gasteiger partial charge in [-0.05, 0) is 26.0 Å². The number of anilines is 1. The summed E-state index contributed by atoms with van der Waals surface area (Å²) >= 11 is 1.37. The second kappa shape index (κ2) is 9.99. The highest BCUT2D eigenvalue weighted by Gasteiger charge is 2.13. The van der Waals surface area contributed by atoms with Gasteiger partial charge in [0.25, 0.3) is 0 Å². The van der Waals surface area contributed by atoms with Gasteiger partial charge in [-0.3, -0.25) is 4.68 Å². The van der Waals surface area contributed by atoms with E-state index in [-0.39, 0.29) is 0 Å². The van der Waals surface area contributed by atoms with Crippen LogP contribution in [0.5, 0.6) is 5.75 Å². The van der Waals surface area contributed by atoms with Crippen LogP contribution in [0.25, 0.3) is 11.3 Å². The summed E-state index contributed by atoms with van der Waals surface area (Å²) < 4.78 is 9.66. The molecule has 0 atom stereocenters. The van der Waals surface area contributed by atoms with E-state index in [0.29, 0.717) is 30.6 Å². The fourth-order valence-electron chi connectivity index (χ4n) is 2.68. The van der Waals surface area contributed by atoms with Gasteiger partial charge in [0.1, 0.15) is 25.1 Å². The van der Waals surface area contributed by atoms with Crippen LogP contribution < -0.4 is 20.8 Å². The summed E-state index contributed by atoms with van der Waals surface area (Å²) in [5.74, 6) is 0.753. The van der Waals surface area contributed by atoms with E-state index in [4.69, 9.17) is 21.0 Å². The number of oxime groups is 1. The molecule has 154 valence electrons. The maximum absolute atomic E-state index is 5.74. The van der Waals surface area contributed by atoms with Crippen molar-refractivity contribution in [2.45, 2.75) is 19.9 Å². The summed E-state index contributed by atoms with van der Waals surface area (Å²) in [4.78, 5) is 9.46. The molecule has 3 aromatic heterocycles. The number of aromatic nitrogens is 4. The molecule has 0 aliphatic carbocycles. The first-order valence-electron chi connectivity index (χ1n) is 9.30. The molecule has 0 saturated carbocycles. The highest BCUT2D eigenvalue weighted by molar-refractivity contribution is 7.13. The number of nitrogen functional groups attached to an aromatic ring is 1. The van der Waals surface area contributed by atoms with Crippen molar-refractivity contribution in [2.24, 2.45) is 17.9 Å². The number of pyridine rings is 1. The number of ether oxygens (including phenoxy) is 1. The van der Waals surface area contributed by atoms with Crippen LogP contribution in [0.2, 0.25) is 0 Å². The fourth-order valence-corrected chi connectivity index (χ4v) is 3.29. The molecule has 0 spiro atoms. The quantitative estimate of drug-likeness (QED) is 0.224. The predicted molar refractivity (Wildman–Crippen MR) is 113 cm³/mol. The van der Waals surface area contributed by atoms with Crippen LogP contribution in [0.15, 0.2) is 41.3 Å². The van der Waals surface area contributed by atoms with Crippen LogP contribution in [-0.2, 0) is 18.4 Å². The number of rotatable bonds is 10. The van der Waals surface area contributed by atoms with Crippen LogP contribution in [-0.4, -0.2) is 40.2 Å². The topological polar surface area (TPSA) is 117 Å². The van der Waals surface area contributed by atoms with Crippen molar-refractivity contribution >= 4 is 22.2 Å². The van der Waals surface area contributed by atoms with Gasteiger partial charge in [-0.15, -0.1) is 11.3 Å². The molecule has 0 saturated heterocycles. The number of hydrogen-bond acceptors (Lipinski definition) is 8. The zero-order chi connectivity index (χ0) is 20.6. The van der Waals surface area contributed by atoms with Crippen molar-refractivity contribution in [3.8, 4) is 17.0 Å². The SMILES string of the molecule is C/C(=N\OCCOc1ccc(-c2cnn(CCCN)c2)[n+](C)c1)c1csc(N)n1. The van der Waals surface area contributed by atoms with Crippen LogP contribution in [0.4, 0.5) is 5.13 Å². The van der Waals surface area contributed by atoms with E-state index in [0.717, 1.165) is 35.7 Å². The van der Waals surface area contributed by atoms with Crippen molar-refractivity contribution in [2.75, 3.05) is 25.5 Å². The summed E-state index contributed by atoms with van der Waals surface area (Å²) in [6.07, 6.45) is 6.72. The number of aryl methyl sites for hydroxylation is 2. The van der Waals surface area contributed by atoms with Crippen LogP contribution >= 0.6 is 11.3 Å². The summed E-state index contributed by atoms with van der Waals surface area (Å²) in [6.45, 7) is 4.01. The lowest BCUT2D eigenvalue weighted by molar-refractivity contribution is -0.660. The minimum atomic E-state index is 0.330. The molecule has 0 amide bonds. The highest BCUT2D eigenvalue weighted by Crippen LogP contribution is 2.17. The van der Waals surface area contributed by atoms with Gasteiger partial charge in [0.05, 0.1) is 11.8 Å². The molecule has 3 aromatic rings. The number of thiazole rings is 1. The van der Waals surface area contributed by atoms with Gasteiger partial charge in [0.15, 0.2) is 17.5 Å². The van der Waals surface area contributed by atoms with Crippen molar-refractivity contribution in [3.63, 3.8) is 0 Å². The maximum Gasteiger partial charge on any atom is 0.215 e. The molecule has 0 bridgehead atoms. The summed E-state index contributed by atoms with van der Waals surface area (Å²) in [6, 6.07) is 3.94. The largest absolute Gasteiger partial charge is 0.484 e. The molecule has 0 aliphatic rings. The van der Waals surface area contributed by atoms with Crippen LogP contribution in [0.1, 0.15) is 19.0 Å². The Hall–Kier alpha value is -2.98. The molecule has 0 radical (unpaired) electrons. The number of nitrogens with two attached hydrogens (primary N) is 2. The normalized spacial score (nSPS) is 11.6. The Bertz CT molecular complexity index is 967. The van der Waals surface area contributed by atoms with Gasteiger partial charge in [-0.25, -0.2) is 4.98 Å². The fraction of sp³-hybridized carbons (Fsp3) is 0.368. The van der Waals surface area contributed by atoms with Gasteiger partial charge < -0.3 is 21.0 Å². The summed E-state index contributed by atoms with van der Waals surface area (Å²) in [7, 11) is 1.98. The first-order valence-corrected chi connectivity index (χ1v) is 10.2. The zero-order valence-corrected chi connectivity index (χ0v) is 17.4. The van der Waals surface area contributed by atoms with Crippen LogP contribution in [0.3, 0.4) is 0 Å². The van der Waals surface area contributed by atoms with E-state index < -0.39 is 0 Å². The lowest BCUT2D eigenvalue weighted by atomic mass is 10.2. The lowest BCUT2D eigenvalue weighted by Gasteiger charge is -2.05. The van der Waals surface area contributed by atoms with Gasteiger partial charge in [-0.1, -0.05) is 5.16 Å². The molecule has 3 heterocycles. The predicted octanol–water partition coefficient (Wildman–Crippen LogP) is 1.58. The zero-order valence-electron chi connectivity index (χ0n) is 16.6. The second-order valence-corrected chi connectivity index (χ2v) is 7.31. The first-order chi connectivity index (χ1) is 14.1. The Kier molecular flexibility index (Phi) is 7.14. The van der Waals surface area contributed by atoms with Crippen molar-refractivity contribution in [1.29, 1.82) is 0 Å². The van der Waals surface area contributed by atoms with Gasteiger partial charge >= 0.3 is 0 Å². The molecule has 0 aliphatic heterocycles. The van der Waals surface area contributed by atoms with E-state index in [9.17, 15) is 0 Å². The van der Waals surface area contributed by atoms with Crippen LogP contribution in [0, 0.1) is 0 Å². The van der Waals surface area contributed by atoms with Gasteiger partial charge in [0, 0.05) is 24.2 Å². The Balaban J connectivity index is 1.49. The van der Waals surface area contributed by atoms with Crippen molar-refractivity contribution in [1.82, 2.24) is 14.8 Å². The molecular formula is C19H26N7O2S+. The second-order valence-electron chi connectivity index (χ2n) is 6.42. The Morgan fingerprint density at radius 2 is 2.21 bits per heavy atom. The van der Waals surface area contributed by atoms with E-state index >= 15 is 0 Å². The molecule has 0 fully saturated rings. The molecule has 10 heteroatoms. The first kappa shape index (κ1) is 20.7. The minimum absolute atomic E-state index is 0.330. The molecule has 9 nitrogen and oxygen atoms in total. The smallest absolute Gasteiger partial charge is 0.215 e. The third-order valence-electron chi connectivity index (χ3n) is 4.16. The minimum Gasteiger partial charge on any atom is -0.484 e. The summed E-state index contributed by atoms with van der Waals surface area (Å²) in [5, 5.41) is 10.8.